The first kappa shape index (κ1) is 10.7. The van der Waals surface area contributed by atoms with Crippen LogP contribution in [0.4, 0.5) is 0 Å². The lowest BCUT2D eigenvalue weighted by Gasteiger charge is -2.05. The molecule has 0 fully saturated rings. The molecule has 1 heterocycles. The van der Waals surface area contributed by atoms with Crippen LogP contribution in [0.15, 0.2) is 23.0 Å². The maximum atomic E-state index is 11.3. The molecule has 1 rings (SSSR count). The van der Waals surface area contributed by atoms with E-state index < -0.39 is 22.4 Å². The van der Waals surface area contributed by atoms with Crippen molar-refractivity contribution < 1.29 is 19.1 Å². The Labute approximate surface area is 84.1 Å². The van der Waals surface area contributed by atoms with Gasteiger partial charge >= 0.3 is 11.9 Å². The third-order valence-corrected chi connectivity index (χ3v) is 3.24. The van der Waals surface area contributed by atoms with Gasteiger partial charge in [0.25, 0.3) is 0 Å². The molecule has 1 aliphatic rings. The second-order valence-corrected chi connectivity index (χ2v) is 4.04. The van der Waals surface area contributed by atoms with E-state index in [0.717, 1.165) is 0 Å². The molecule has 0 aromatic rings. The number of carbonyl (C=O) groups is 2. The predicted molar refractivity (Wildman–Crippen MR) is 54.9 cm³/mol. The number of esters is 2. The molecule has 0 bridgehead atoms. The van der Waals surface area contributed by atoms with E-state index in [9.17, 15) is 9.59 Å². The summed E-state index contributed by atoms with van der Waals surface area (Å²) in [5, 5.41) is 3.51. The fourth-order valence-corrected chi connectivity index (χ4v) is 2.34. The van der Waals surface area contributed by atoms with Crippen LogP contribution in [0, 0.1) is 0 Å². The molecule has 0 radical (unpaired) electrons. The van der Waals surface area contributed by atoms with E-state index >= 15 is 0 Å². The first-order chi connectivity index (χ1) is 6.70. The van der Waals surface area contributed by atoms with Gasteiger partial charge < -0.3 is 9.47 Å². The monoisotopic (exact) mass is 214 g/mol. The molecule has 76 valence electrons. The van der Waals surface area contributed by atoms with Gasteiger partial charge in [0.15, 0.2) is 4.86 Å². The minimum atomic E-state index is -0.642. The summed E-state index contributed by atoms with van der Waals surface area (Å²) in [7, 11) is 1.85. The zero-order chi connectivity index (χ0) is 10.6. The normalized spacial score (nSPS) is 14.1. The molecule has 0 unspecified atom stereocenters. The van der Waals surface area contributed by atoms with Gasteiger partial charge in [-0.3, -0.25) is 0 Å². The zero-order valence-corrected chi connectivity index (χ0v) is 8.67. The van der Waals surface area contributed by atoms with Gasteiger partial charge in [-0.2, -0.15) is 0 Å². The van der Waals surface area contributed by atoms with E-state index in [4.69, 9.17) is 0 Å². The van der Waals surface area contributed by atoms with Crippen molar-refractivity contribution in [3.8, 4) is 0 Å². The van der Waals surface area contributed by atoms with Crippen LogP contribution in [0.25, 0.3) is 0 Å². The summed E-state index contributed by atoms with van der Waals surface area (Å²) in [6.45, 7) is 0. The molecule has 0 aliphatic carbocycles. The Morgan fingerprint density at radius 3 is 1.79 bits per heavy atom. The number of methoxy groups -OCH3 is 2. The van der Waals surface area contributed by atoms with E-state index in [1.165, 1.54) is 14.2 Å². The van der Waals surface area contributed by atoms with Gasteiger partial charge in [-0.25, -0.2) is 9.59 Å². The van der Waals surface area contributed by atoms with E-state index in [1.54, 1.807) is 23.0 Å². The first-order valence-electron chi connectivity index (χ1n) is 3.81. The molecule has 0 aromatic carbocycles. The average Bonchev–Trinajstić information content (AvgIpc) is 2.70. The number of carbonyl (C=O) groups excluding carboxylic acids is 2. The molecule has 14 heavy (non-hydrogen) atoms. The maximum absolute atomic E-state index is 11.3. The van der Waals surface area contributed by atoms with E-state index in [-0.39, 0.29) is 4.86 Å². The lowest BCUT2D eigenvalue weighted by molar-refractivity contribution is -0.137. The second kappa shape index (κ2) is 4.76. The fourth-order valence-electron chi connectivity index (χ4n) is 0.903. The molecule has 0 saturated heterocycles. The van der Waals surface area contributed by atoms with Crippen LogP contribution in [0.1, 0.15) is 0 Å². The van der Waals surface area contributed by atoms with Crippen LogP contribution in [0.2, 0.25) is 0 Å². The van der Waals surface area contributed by atoms with Crippen molar-refractivity contribution in [1.82, 2.24) is 0 Å². The fraction of sp³-hybridized carbons (Fsp3) is 0.222. The number of hydrogen-bond donors (Lipinski definition) is 0. The van der Waals surface area contributed by atoms with Gasteiger partial charge in [0.2, 0.25) is 0 Å². The van der Waals surface area contributed by atoms with Gasteiger partial charge in [0.1, 0.15) is 0 Å². The molecule has 0 aromatic heterocycles. The molecule has 0 saturated carbocycles. The van der Waals surface area contributed by atoms with Crippen molar-refractivity contribution >= 4 is 27.3 Å². The van der Waals surface area contributed by atoms with Crippen molar-refractivity contribution in [2.45, 2.75) is 0 Å². The number of ether oxygens (including phenoxy) is 2. The number of allylic oxidation sites excluding steroid dienone is 2. The second-order valence-electron chi connectivity index (χ2n) is 2.34. The SMILES string of the molecule is COC(=O)C(C(=O)OC)=S1C=CC=C1. The summed E-state index contributed by atoms with van der Waals surface area (Å²) in [6.07, 6.45) is 3.55. The molecule has 1 aliphatic heterocycles. The van der Waals surface area contributed by atoms with Gasteiger partial charge in [0, 0.05) is 0 Å². The highest BCUT2D eigenvalue weighted by Gasteiger charge is 2.23. The summed E-state index contributed by atoms with van der Waals surface area (Å²) in [6, 6.07) is 0. The Kier molecular flexibility index (Phi) is 3.64. The smallest absolute Gasteiger partial charge is 0.351 e. The largest absolute Gasteiger partial charge is 0.465 e. The van der Waals surface area contributed by atoms with Gasteiger partial charge in [-0.05, 0) is 10.8 Å². The van der Waals surface area contributed by atoms with Gasteiger partial charge in [-0.15, -0.1) is 10.5 Å². The van der Waals surface area contributed by atoms with Crippen molar-refractivity contribution in [3.05, 3.63) is 23.0 Å². The van der Waals surface area contributed by atoms with Gasteiger partial charge in [0.05, 0.1) is 14.2 Å². The average molecular weight is 214 g/mol. The van der Waals surface area contributed by atoms with Crippen molar-refractivity contribution in [3.63, 3.8) is 0 Å². The molecule has 0 spiro atoms. The highest BCUT2D eigenvalue weighted by atomic mass is 32.2. The van der Waals surface area contributed by atoms with E-state index in [0.29, 0.717) is 0 Å². The molecule has 0 amide bonds. The van der Waals surface area contributed by atoms with Crippen molar-refractivity contribution in [2.24, 2.45) is 0 Å². The topological polar surface area (TPSA) is 52.6 Å². The Morgan fingerprint density at radius 2 is 1.43 bits per heavy atom. The quantitative estimate of drug-likeness (QED) is 0.388. The third-order valence-electron chi connectivity index (χ3n) is 1.54. The highest BCUT2D eigenvalue weighted by Crippen LogP contribution is 2.24. The molecular formula is C9H10O4S. The number of hydrogen-bond acceptors (Lipinski definition) is 4. The minimum absolute atomic E-state index is 0.0278. The van der Waals surface area contributed by atoms with Crippen LogP contribution in [-0.2, 0) is 19.1 Å². The number of rotatable bonds is 2. The maximum Gasteiger partial charge on any atom is 0.351 e. The zero-order valence-electron chi connectivity index (χ0n) is 7.85. The third kappa shape index (κ3) is 2.11. The van der Waals surface area contributed by atoms with Crippen LogP contribution in [0.5, 0.6) is 0 Å². The Hall–Kier alpha value is -1.36. The standard InChI is InChI=1S/C9H10O4S/c1-12-8(10)7(9(11)13-2)14-5-3-4-6-14/h3-6H,1-2H3. The van der Waals surface area contributed by atoms with Crippen LogP contribution >= 0.6 is 10.5 Å². The molecule has 5 heteroatoms. The minimum Gasteiger partial charge on any atom is -0.465 e. The summed E-state index contributed by atoms with van der Waals surface area (Å²) >= 11 is 0. The van der Waals surface area contributed by atoms with Crippen molar-refractivity contribution in [1.29, 1.82) is 0 Å². The molecule has 4 nitrogen and oxygen atoms in total. The van der Waals surface area contributed by atoms with Crippen LogP contribution < -0.4 is 0 Å². The van der Waals surface area contributed by atoms with Crippen LogP contribution in [0.3, 0.4) is 0 Å². The van der Waals surface area contributed by atoms with Crippen LogP contribution in [-0.4, -0.2) is 31.0 Å². The molecule has 0 atom stereocenters. The predicted octanol–water partition coefficient (Wildman–Crippen LogP) is 0.815. The first-order valence-corrected chi connectivity index (χ1v) is 5.16. The molecular weight excluding hydrogens is 204 g/mol. The Balaban J connectivity index is 3.11. The highest BCUT2D eigenvalue weighted by molar-refractivity contribution is 8.23. The van der Waals surface area contributed by atoms with Crippen molar-refractivity contribution in [2.75, 3.05) is 14.2 Å². The van der Waals surface area contributed by atoms with Gasteiger partial charge in [-0.1, -0.05) is 12.2 Å². The summed E-state index contributed by atoms with van der Waals surface area (Å²) in [5.74, 6) is -1.28. The lowest BCUT2D eigenvalue weighted by Crippen LogP contribution is -2.26. The summed E-state index contributed by atoms with van der Waals surface area (Å²) in [4.78, 5) is 22.6. The Bertz CT molecular complexity index is 320. The lowest BCUT2D eigenvalue weighted by atomic mass is 10.4. The molecule has 0 N–H and O–H groups in total. The summed E-state index contributed by atoms with van der Waals surface area (Å²) < 4.78 is 9.02. The van der Waals surface area contributed by atoms with E-state index in [1.807, 2.05) is 0 Å². The van der Waals surface area contributed by atoms with E-state index in [2.05, 4.69) is 9.47 Å². The summed E-state index contributed by atoms with van der Waals surface area (Å²) in [5.41, 5.74) is 0. The Morgan fingerprint density at radius 1 is 1.00 bits per heavy atom.